The highest BCUT2D eigenvalue weighted by Crippen LogP contribution is 2.35. The summed E-state index contributed by atoms with van der Waals surface area (Å²) in [6, 6.07) is 9.03. The lowest BCUT2D eigenvalue weighted by molar-refractivity contribution is -0.115. The number of amides is 1. The van der Waals surface area contributed by atoms with E-state index >= 15 is 0 Å². The summed E-state index contributed by atoms with van der Waals surface area (Å²) in [5.74, 6) is 1.81. The summed E-state index contributed by atoms with van der Waals surface area (Å²) < 4.78 is 11.0. The Kier molecular flexibility index (Phi) is 4.93. The van der Waals surface area contributed by atoms with Crippen molar-refractivity contribution in [2.24, 2.45) is 0 Å². The van der Waals surface area contributed by atoms with Crippen molar-refractivity contribution in [3.05, 3.63) is 41.6 Å². The van der Waals surface area contributed by atoms with Crippen LogP contribution in [0.25, 0.3) is 0 Å². The summed E-state index contributed by atoms with van der Waals surface area (Å²) in [7, 11) is 0. The van der Waals surface area contributed by atoms with Crippen molar-refractivity contribution in [3.63, 3.8) is 0 Å². The molecule has 0 saturated carbocycles. The van der Waals surface area contributed by atoms with Crippen LogP contribution < -0.4 is 14.8 Å². The van der Waals surface area contributed by atoms with E-state index in [2.05, 4.69) is 10.3 Å². The van der Waals surface area contributed by atoms with Crippen LogP contribution in [0, 0.1) is 0 Å². The number of carbonyl (C=O) groups excluding carboxylic acids is 1. The van der Waals surface area contributed by atoms with Gasteiger partial charge in [-0.05, 0) is 37.3 Å². The number of anilines is 1. The van der Waals surface area contributed by atoms with Crippen molar-refractivity contribution in [1.29, 1.82) is 0 Å². The molecule has 1 aromatic heterocycles. The van der Waals surface area contributed by atoms with Crippen LogP contribution in [0.1, 0.15) is 6.92 Å². The van der Waals surface area contributed by atoms with Crippen LogP contribution in [-0.4, -0.2) is 29.4 Å². The van der Waals surface area contributed by atoms with Gasteiger partial charge in [0.25, 0.3) is 0 Å². The number of nitrogens with one attached hydrogen (secondary N) is 1. The first-order chi connectivity index (χ1) is 11.1. The van der Waals surface area contributed by atoms with Crippen LogP contribution in [0.5, 0.6) is 11.5 Å². The van der Waals surface area contributed by atoms with Crippen LogP contribution in [0.15, 0.2) is 41.4 Å². The summed E-state index contributed by atoms with van der Waals surface area (Å²) in [6.07, 6.45) is 1.50. The molecule has 5 nitrogen and oxygen atoms in total. The number of aromatic nitrogens is 1. The van der Waals surface area contributed by atoms with E-state index in [1.807, 2.05) is 25.1 Å². The molecule has 1 aliphatic heterocycles. The van der Waals surface area contributed by atoms with Crippen molar-refractivity contribution in [2.75, 3.05) is 18.5 Å². The smallest absolute Gasteiger partial charge is 0.238 e. The highest BCUT2D eigenvalue weighted by atomic mass is 35.5. The van der Waals surface area contributed by atoms with E-state index in [1.165, 1.54) is 18.0 Å². The Balaban J connectivity index is 1.62. The van der Waals surface area contributed by atoms with E-state index < -0.39 is 0 Å². The summed E-state index contributed by atoms with van der Waals surface area (Å²) in [4.78, 5) is 17.2. The van der Waals surface area contributed by atoms with Gasteiger partial charge in [-0.3, -0.25) is 4.79 Å². The van der Waals surface area contributed by atoms with Crippen molar-refractivity contribution in [1.82, 2.24) is 4.98 Å². The van der Waals surface area contributed by atoms with Gasteiger partial charge in [0.1, 0.15) is 19.0 Å². The fraction of sp³-hybridized carbons (Fsp3) is 0.250. The predicted molar refractivity (Wildman–Crippen MR) is 90.6 cm³/mol. The number of hydrogen-bond acceptors (Lipinski definition) is 5. The molecule has 23 heavy (non-hydrogen) atoms. The zero-order valence-electron chi connectivity index (χ0n) is 12.4. The topological polar surface area (TPSA) is 60.5 Å². The Morgan fingerprint density at radius 3 is 2.78 bits per heavy atom. The number of rotatable bonds is 4. The first-order valence-electron chi connectivity index (χ1n) is 7.10. The van der Waals surface area contributed by atoms with Crippen molar-refractivity contribution < 1.29 is 14.3 Å². The normalized spacial score (nSPS) is 14.2. The molecule has 0 spiro atoms. The number of hydrogen-bond donors (Lipinski definition) is 1. The fourth-order valence-electron chi connectivity index (χ4n) is 2.03. The number of pyridine rings is 1. The van der Waals surface area contributed by atoms with E-state index in [0.717, 1.165) is 10.6 Å². The number of ether oxygens (including phenoxy) is 2. The minimum Gasteiger partial charge on any atom is -0.486 e. The average molecular weight is 351 g/mol. The molecule has 0 fully saturated rings. The lowest BCUT2D eigenvalue weighted by Crippen LogP contribution is -2.22. The first-order valence-corrected chi connectivity index (χ1v) is 8.36. The number of carbonyl (C=O) groups is 1. The van der Waals surface area contributed by atoms with Crippen LogP contribution in [-0.2, 0) is 4.79 Å². The van der Waals surface area contributed by atoms with Gasteiger partial charge in [0, 0.05) is 11.1 Å². The summed E-state index contributed by atoms with van der Waals surface area (Å²) in [6.45, 7) is 2.94. The molecule has 0 unspecified atom stereocenters. The first kappa shape index (κ1) is 16.0. The molecule has 0 bridgehead atoms. The number of nitrogens with zero attached hydrogens (tertiary/aromatic N) is 1. The van der Waals surface area contributed by atoms with Crippen molar-refractivity contribution in [3.8, 4) is 11.5 Å². The number of benzene rings is 1. The maximum atomic E-state index is 12.2. The van der Waals surface area contributed by atoms with Crippen LogP contribution in [0.4, 0.5) is 5.82 Å². The van der Waals surface area contributed by atoms with Crippen LogP contribution in [0.3, 0.4) is 0 Å². The minimum atomic E-state index is -0.282. The second-order valence-corrected chi connectivity index (χ2v) is 6.77. The Bertz CT molecular complexity index is 709. The predicted octanol–water partition coefficient (Wildman–Crippen LogP) is 3.63. The number of halogens is 1. The molecular weight excluding hydrogens is 336 g/mol. The second-order valence-electron chi connectivity index (χ2n) is 4.92. The van der Waals surface area contributed by atoms with E-state index in [1.54, 1.807) is 12.1 Å². The van der Waals surface area contributed by atoms with Gasteiger partial charge in [-0.2, -0.15) is 0 Å². The average Bonchev–Trinajstić information content (AvgIpc) is 2.56. The molecule has 0 aliphatic carbocycles. The third kappa shape index (κ3) is 4.09. The Morgan fingerprint density at radius 2 is 2.04 bits per heavy atom. The molecule has 2 heterocycles. The van der Waals surface area contributed by atoms with Gasteiger partial charge in [-0.1, -0.05) is 11.6 Å². The Labute approximate surface area is 143 Å². The second kappa shape index (κ2) is 7.10. The minimum absolute atomic E-state index is 0.125. The van der Waals surface area contributed by atoms with Gasteiger partial charge >= 0.3 is 0 Å². The van der Waals surface area contributed by atoms with E-state index in [4.69, 9.17) is 21.1 Å². The quantitative estimate of drug-likeness (QED) is 0.853. The molecule has 1 amide bonds. The standard InChI is InChI=1S/C16H15ClN2O3S/c1-10(16(20)19-15-5-2-11(17)9-18-15)23-12-3-4-13-14(8-12)22-7-6-21-13/h2-5,8-10H,6-7H2,1H3,(H,18,19,20)/t10-/m0/s1. The molecule has 2 aromatic rings. The SMILES string of the molecule is C[C@H](Sc1ccc2c(c1)OCCO2)C(=O)Nc1ccc(Cl)cn1. The van der Waals surface area contributed by atoms with Crippen molar-refractivity contribution in [2.45, 2.75) is 17.1 Å². The third-order valence-corrected chi connectivity index (χ3v) is 4.49. The van der Waals surface area contributed by atoms with E-state index in [0.29, 0.717) is 29.8 Å². The molecule has 1 aromatic carbocycles. The Morgan fingerprint density at radius 1 is 1.26 bits per heavy atom. The summed E-state index contributed by atoms with van der Waals surface area (Å²) in [5.41, 5.74) is 0. The van der Waals surface area contributed by atoms with Gasteiger partial charge in [-0.15, -0.1) is 11.8 Å². The largest absolute Gasteiger partial charge is 0.486 e. The summed E-state index contributed by atoms with van der Waals surface area (Å²) >= 11 is 7.22. The third-order valence-electron chi connectivity index (χ3n) is 3.17. The van der Waals surface area contributed by atoms with Gasteiger partial charge < -0.3 is 14.8 Å². The molecule has 0 radical (unpaired) electrons. The lowest BCUT2D eigenvalue weighted by atomic mass is 10.3. The zero-order chi connectivity index (χ0) is 16.2. The van der Waals surface area contributed by atoms with Gasteiger partial charge in [-0.25, -0.2) is 4.98 Å². The van der Waals surface area contributed by atoms with Crippen molar-refractivity contribution >= 4 is 35.1 Å². The molecule has 0 saturated heterocycles. The maximum Gasteiger partial charge on any atom is 0.238 e. The molecular formula is C16H15ClN2O3S. The Hall–Kier alpha value is -1.92. The molecule has 1 N–H and O–H groups in total. The fourth-order valence-corrected chi connectivity index (χ4v) is 3.04. The molecule has 3 rings (SSSR count). The molecule has 1 atom stereocenters. The number of fused-ring (bicyclic) bond motifs is 1. The molecule has 120 valence electrons. The van der Waals surface area contributed by atoms with E-state index in [-0.39, 0.29) is 11.2 Å². The van der Waals surface area contributed by atoms with E-state index in [9.17, 15) is 4.79 Å². The zero-order valence-corrected chi connectivity index (χ0v) is 14.0. The monoisotopic (exact) mass is 350 g/mol. The summed E-state index contributed by atoms with van der Waals surface area (Å²) in [5, 5.41) is 3.01. The number of thioether (sulfide) groups is 1. The molecule has 7 heteroatoms. The van der Waals surface area contributed by atoms with Crippen LogP contribution in [0.2, 0.25) is 5.02 Å². The van der Waals surface area contributed by atoms with Gasteiger partial charge in [0.15, 0.2) is 11.5 Å². The maximum absolute atomic E-state index is 12.2. The van der Waals surface area contributed by atoms with Gasteiger partial charge in [0.2, 0.25) is 5.91 Å². The van der Waals surface area contributed by atoms with Gasteiger partial charge in [0.05, 0.1) is 10.3 Å². The lowest BCUT2D eigenvalue weighted by Gasteiger charge is -2.19. The highest BCUT2D eigenvalue weighted by molar-refractivity contribution is 8.00. The molecule has 1 aliphatic rings. The highest BCUT2D eigenvalue weighted by Gasteiger charge is 2.17. The van der Waals surface area contributed by atoms with Crippen LogP contribution >= 0.6 is 23.4 Å².